The van der Waals surface area contributed by atoms with E-state index in [1.165, 1.54) is 0 Å². The van der Waals surface area contributed by atoms with Gasteiger partial charge in [-0.3, -0.25) is 0 Å². The largest absolute Gasteiger partial charge is 1.00 e. The Balaban J connectivity index is 0. The molecule has 0 saturated heterocycles. The van der Waals surface area contributed by atoms with Gasteiger partial charge in [0.05, 0.1) is 40.5 Å². The van der Waals surface area contributed by atoms with Crippen molar-refractivity contribution >= 4 is 0 Å². The summed E-state index contributed by atoms with van der Waals surface area (Å²) in [5.41, 5.74) is 0. The predicted molar refractivity (Wildman–Crippen MR) is 56.4 cm³/mol. The molecule has 0 aromatic heterocycles. The van der Waals surface area contributed by atoms with Crippen LogP contribution in [0.4, 0.5) is 0 Å². The van der Waals surface area contributed by atoms with Gasteiger partial charge in [-0.1, -0.05) is 0 Å². The monoisotopic (exact) mass is 241 g/mol. The van der Waals surface area contributed by atoms with E-state index in [-0.39, 0.29) is 12.4 Å². The van der Waals surface area contributed by atoms with Crippen LogP contribution in [0.15, 0.2) is 0 Å². The Morgan fingerprint density at radius 2 is 1.33 bits per heavy atom. The third kappa shape index (κ3) is 12.1. The van der Waals surface area contributed by atoms with Crippen molar-refractivity contribution in [3.8, 4) is 0 Å². The zero-order valence-corrected chi connectivity index (χ0v) is 11.0. The summed E-state index contributed by atoms with van der Waals surface area (Å²) in [6, 6.07) is 0. The fourth-order valence-electron chi connectivity index (χ4n) is 1.01. The minimum atomic E-state index is 0. The van der Waals surface area contributed by atoms with Crippen LogP contribution in [0.5, 0.6) is 0 Å². The lowest BCUT2D eigenvalue weighted by Crippen LogP contribution is -3.00. The van der Waals surface area contributed by atoms with Gasteiger partial charge in [-0.15, -0.1) is 0 Å². The van der Waals surface area contributed by atoms with Crippen molar-refractivity contribution in [2.45, 2.75) is 0 Å². The molecule has 0 aromatic carbocycles. The van der Waals surface area contributed by atoms with Gasteiger partial charge < -0.3 is 31.1 Å². The van der Waals surface area contributed by atoms with Crippen LogP contribution in [0.3, 0.4) is 0 Å². The standard InChI is InChI=1S/C10H24NO3.ClH/c1-11(2,5-7-12-3)6-8-14-10-9-13-4;/h5-10H2,1-4H3;1H/q+1;/p-1. The van der Waals surface area contributed by atoms with Crippen LogP contribution in [0.25, 0.3) is 0 Å². The lowest BCUT2D eigenvalue weighted by atomic mass is 10.4. The minimum absolute atomic E-state index is 0. The molecule has 15 heavy (non-hydrogen) atoms. The van der Waals surface area contributed by atoms with Crippen LogP contribution in [-0.2, 0) is 14.2 Å². The third-order valence-electron chi connectivity index (χ3n) is 2.17. The van der Waals surface area contributed by atoms with E-state index in [0.29, 0.717) is 13.2 Å². The van der Waals surface area contributed by atoms with Gasteiger partial charge in [0.1, 0.15) is 13.1 Å². The molecule has 0 N–H and O–H groups in total. The maximum atomic E-state index is 5.41. The zero-order chi connectivity index (χ0) is 10.9. The van der Waals surface area contributed by atoms with Gasteiger partial charge >= 0.3 is 0 Å². The topological polar surface area (TPSA) is 27.7 Å². The summed E-state index contributed by atoms with van der Waals surface area (Å²) in [4.78, 5) is 0. The summed E-state index contributed by atoms with van der Waals surface area (Å²) in [5.74, 6) is 0. The maximum Gasteiger partial charge on any atom is 0.102 e. The van der Waals surface area contributed by atoms with Gasteiger partial charge in [0.25, 0.3) is 0 Å². The molecular weight excluding hydrogens is 218 g/mol. The molecule has 0 spiro atoms. The first-order valence-corrected chi connectivity index (χ1v) is 5.00. The highest BCUT2D eigenvalue weighted by molar-refractivity contribution is 4.35. The van der Waals surface area contributed by atoms with Gasteiger partial charge in [-0.25, -0.2) is 0 Å². The van der Waals surface area contributed by atoms with Gasteiger partial charge in [0, 0.05) is 14.2 Å². The van der Waals surface area contributed by atoms with E-state index in [2.05, 4.69) is 14.1 Å². The van der Waals surface area contributed by atoms with Crippen LogP contribution in [0.2, 0.25) is 0 Å². The van der Waals surface area contributed by atoms with Crippen molar-refractivity contribution in [1.29, 1.82) is 0 Å². The van der Waals surface area contributed by atoms with E-state index in [9.17, 15) is 0 Å². The molecule has 0 bridgehead atoms. The predicted octanol–water partition coefficient (Wildman–Crippen LogP) is -2.62. The molecule has 0 atom stereocenters. The Morgan fingerprint density at radius 1 is 0.800 bits per heavy atom. The SMILES string of the molecule is COCCOCC[N+](C)(C)CCOC.[Cl-]. The van der Waals surface area contributed by atoms with Crippen LogP contribution in [0.1, 0.15) is 0 Å². The molecule has 0 aliphatic carbocycles. The van der Waals surface area contributed by atoms with Crippen LogP contribution in [0, 0.1) is 0 Å². The highest BCUT2D eigenvalue weighted by Gasteiger charge is 2.13. The quantitative estimate of drug-likeness (QED) is 0.327. The van der Waals surface area contributed by atoms with Crippen molar-refractivity contribution in [2.75, 3.05) is 67.8 Å². The molecule has 0 amide bonds. The van der Waals surface area contributed by atoms with Gasteiger partial charge in [0.15, 0.2) is 0 Å². The smallest absolute Gasteiger partial charge is 0.102 e. The Hall–Kier alpha value is 0.130. The van der Waals surface area contributed by atoms with E-state index in [1.807, 2.05) is 0 Å². The van der Waals surface area contributed by atoms with E-state index in [4.69, 9.17) is 14.2 Å². The maximum absolute atomic E-state index is 5.41. The fraction of sp³-hybridized carbons (Fsp3) is 1.00. The third-order valence-corrected chi connectivity index (χ3v) is 2.17. The highest BCUT2D eigenvalue weighted by atomic mass is 35.5. The number of likely N-dealkylation sites (N-methyl/N-ethyl adjacent to an activating group) is 1. The zero-order valence-electron chi connectivity index (χ0n) is 10.3. The van der Waals surface area contributed by atoms with Crippen LogP contribution < -0.4 is 12.4 Å². The second-order valence-corrected chi connectivity index (χ2v) is 3.98. The molecule has 0 heterocycles. The Morgan fingerprint density at radius 3 is 1.87 bits per heavy atom. The summed E-state index contributed by atoms with van der Waals surface area (Å²) in [6.07, 6.45) is 0. The second kappa shape index (κ2) is 10.6. The Labute approximate surface area is 99.5 Å². The first-order valence-electron chi connectivity index (χ1n) is 5.00. The number of halogens is 1. The number of rotatable bonds is 9. The Bertz CT molecular complexity index is 134. The van der Waals surface area contributed by atoms with Gasteiger partial charge in [0.2, 0.25) is 0 Å². The molecule has 0 radical (unpaired) electrons. The second-order valence-electron chi connectivity index (χ2n) is 3.98. The van der Waals surface area contributed by atoms with Gasteiger partial charge in [-0.05, 0) is 0 Å². The van der Waals surface area contributed by atoms with Crippen LogP contribution >= 0.6 is 0 Å². The summed E-state index contributed by atoms with van der Waals surface area (Å²) in [5, 5.41) is 0. The molecule has 94 valence electrons. The summed E-state index contributed by atoms with van der Waals surface area (Å²) in [7, 11) is 7.77. The first-order chi connectivity index (χ1) is 6.62. The average Bonchev–Trinajstić information content (AvgIpc) is 2.15. The molecule has 0 aliphatic rings. The first kappa shape index (κ1) is 17.5. The summed E-state index contributed by atoms with van der Waals surface area (Å²) in [6.45, 7) is 4.95. The normalized spacial score (nSPS) is 11.2. The van der Waals surface area contributed by atoms with E-state index < -0.39 is 0 Å². The molecule has 4 nitrogen and oxygen atoms in total. The number of nitrogens with zero attached hydrogens (tertiary/aromatic N) is 1. The van der Waals surface area contributed by atoms with Crippen LogP contribution in [-0.4, -0.2) is 72.3 Å². The summed E-state index contributed by atoms with van der Waals surface area (Å²) >= 11 is 0. The molecule has 0 aliphatic heterocycles. The van der Waals surface area contributed by atoms with Crippen molar-refractivity contribution in [3.05, 3.63) is 0 Å². The van der Waals surface area contributed by atoms with Crippen molar-refractivity contribution in [2.24, 2.45) is 0 Å². The van der Waals surface area contributed by atoms with Crippen molar-refractivity contribution < 1.29 is 31.1 Å². The number of hydrogen-bond acceptors (Lipinski definition) is 3. The fourth-order valence-corrected chi connectivity index (χ4v) is 1.01. The average molecular weight is 242 g/mol. The minimum Gasteiger partial charge on any atom is -1.00 e. The molecular formula is C10H24ClNO3. The highest BCUT2D eigenvalue weighted by Crippen LogP contribution is 1.96. The molecule has 0 saturated carbocycles. The molecule has 0 fully saturated rings. The van der Waals surface area contributed by atoms with E-state index >= 15 is 0 Å². The lowest BCUT2D eigenvalue weighted by Gasteiger charge is -2.29. The molecule has 0 aromatic rings. The number of hydrogen-bond donors (Lipinski definition) is 0. The van der Waals surface area contributed by atoms with Crippen molar-refractivity contribution in [1.82, 2.24) is 0 Å². The number of quaternary nitrogens is 1. The molecule has 0 unspecified atom stereocenters. The number of methoxy groups -OCH3 is 2. The Kier molecular flexibility index (Phi) is 12.4. The van der Waals surface area contributed by atoms with E-state index in [0.717, 1.165) is 30.8 Å². The number of ether oxygens (including phenoxy) is 3. The van der Waals surface area contributed by atoms with Gasteiger partial charge in [-0.2, -0.15) is 0 Å². The summed E-state index contributed by atoms with van der Waals surface area (Å²) < 4.78 is 16.3. The van der Waals surface area contributed by atoms with Crippen molar-refractivity contribution in [3.63, 3.8) is 0 Å². The lowest BCUT2D eigenvalue weighted by molar-refractivity contribution is -0.891. The van der Waals surface area contributed by atoms with E-state index in [1.54, 1.807) is 14.2 Å². The molecule has 5 heteroatoms. The molecule has 0 rings (SSSR count).